The van der Waals surface area contributed by atoms with Gasteiger partial charge in [-0.25, -0.2) is 4.98 Å². The number of amides is 2. The second-order valence-electron chi connectivity index (χ2n) is 6.68. The number of furan rings is 1. The van der Waals surface area contributed by atoms with Gasteiger partial charge in [0.2, 0.25) is 5.91 Å². The lowest BCUT2D eigenvalue weighted by Crippen LogP contribution is -2.35. The van der Waals surface area contributed by atoms with Crippen LogP contribution in [-0.4, -0.2) is 22.8 Å². The van der Waals surface area contributed by atoms with Gasteiger partial charge in [0.05, 0.1) is 0 Å². The van der Waals surface area contributed by atoms with Crippen molar-refractivity contribution >= 4 is 39.3 Å². The first-order chi connectivity index (χ1) is 14.1. The highest BCUT2D eigenvalue weighted by atomic mass is 32.1. The van der Waals surface area contributed by atoms with E-state index in [1.54, 1.807) is 31.2 Å². The highest BCUT2D eigenvalue weighted by Gasteiger charge is 2.15. The molecule has 0 saturated heterocycles. The lowest BCUT2D eigenvalue weighted by atomic mass is 10.1. The number of rotatable bonds is 6. The molecule has 2 amide bonds. The van der Waals surface area contributed by atoms with Gasteiger partial charge < -0.3 is 15.1 Å². The molecule has 29 heavy (non-hydrogen) atoms. The smallest absolute Gasteiger partial charge is 0.251 e. The summed E-state index contributed by atoms with van der Waals surface area (Å²) in [4.78, 5) is 28.9. The highest BCUT2D eigenvalue weighted by Crippen LogP contribution is 2.30. The zero-order valence-electron chi connectivity index (χ0n) is 15.7. The Morgan fingerprint density at radius 2 is 1.86 bits per heavy atom. The molecule has 0 aliphatic heterocycles. The fourth-order valence-corrected chi connectivity index (χ4v) is 3.66. The summed E-state index contributed by atoms with van der Waals surface area (Å²) < 4.78 is 5.81. The first-order valence-corrected chi connectivity index (χ1v) is 10.1. The SMILES string of the molecule is CC(CC(=O)Nc1nc(-c2cc3ccccc3o2)cs1)NC(=O)c1ccccc1. The van der Waals surface area contributed by atoms with E-state index in [2.05, 4.69) is 15.6 Å². The quantitative estimate of drug-likeness (QED) is 0.487. The molecule has 0 bridgehead atoms. The van der Waals surface area contributed by atoms with Crippen LogP contribution in [0.5, 0.6) is 0 Å². The van der Waals surface area contributed by atoms with Crippen LogP contribution in [-0.2, 0) is 4.79 Å². The van der Waals surface area contributed by atoms with Gasteiger partial charge in [0.25, 0.3) is 5.91 Å². The van der Waals surface area contributed by atoms with Crippen LogP contribution in [0.2, 0.25) is 0 Å². The van der Waals surface area contributed by atoms with Crippen molar-refractivity contribution in [1.29, 1.82) is 0 Å². The molecule has 0 aliphatic rings. The van der Waals surface area contributed by atoms with Gasteiger partial charge in [-0.15, -0.1) is 11.3 Å². The van der Waals surface area contributed by atoms with Crippen molar-refractivity contribution in [3.05, 3.63) is 71.6 Å². The van der Waals surface area contributed by atoms with Gasteiger partial charge in [0.15, 0.2) is 10.9 Å². The summed E-state index contributed by atoms with van der Waals surface area (Å²) in [7, 11) is 0. The number of carbonyl (C=O) groups is 2. The third kappa shape index (κ3) is 4.52. The second kappa shape index (κ2) is 8.28. The number of para-hydroxylation sites is 1. The minimum atomic E-state index is -0.308. The summed E-state index contributed by atoms with van der Waals surface area (Å²) in [5, 5.41) is 8.95. The number of thiazole rings is 1. The fourth-order valence-electron chi connectivity index (χ4n) is 2.95. The average molecular weight is 405 g/mol. The van der Waals surface area contributed by atoms with Gasteiger partial charge >= 0.3 is 0 Å². The third-order valence-electron chi connectivity index (χ3n) is 4.33. The predicted octanol–water partition coefficient (Wildman–Crippen LogP) is 4.70. The van der Waals surface area contributed by atoms with Crippen molar-refractivity contribution in [3.63, 3.8) is 0 Å². The van der Waals surface area contributed by atoms with Crippen molar-refractivity contribution < 1.29 is 14.0 Å². The van der Waals surface area contributed by atoms with E-state index in [-0.39, 0.29) is 24.3 Å². The Bertz CT molecular complexity index is 1120. The molecule has 1 atom stereocenters. The molecule has 0 radical (unpaired) electrons. The second-order valence-corrected chi connectivity index (χ2v) is 7.54. The van der Waals surface area contributed by atoms with Crippen molar-refractivity contribution in [2.24, 2.45) is 0 Å². The molecule has 0 aliphatic carbocycles. The molecule has 0 fully saturated rings. The standard InChI is InChI=1S/C22H19N3O3S/c1-14(23-21(27)15-7-3-2-4-8-15)11-20(26)25-22-24-17(13-29-22)19-12-16-9-5-6-10-18(16)28-19/h2-10,12-14H,11H2,1H3,(H,23,27)(H,24,25,26). The first kappa shape index (κ1) is 18.9. The van der Waals surface area contributed by atoms with E-state index in [1.807, 2.05) is 41.8 Å². The van der Waals surface area contributed by atoms with Crippen molar-refractivity contribution in [3.8, 4) is 11.5 Å². The largest absolute Gasteiger partial charge is 0.454 e. The van der Waals surface area contributed by atoms with Crippen LogP contribution >= 0.6 is 11.3 Å². The van der Waals surface area contributed by atoms with Crippen LogP contribution in [0.25, 0.3) is 22.4 Å². The summed E-state index contributed by atoms with van der Waals surface area (Å²) >= 11 is 1.33. The van der Waals surface area contributed by atoms with Gasteiger partial charge in [0, 0.05) is 28.8 Å². The summed E-state index contributed by atoms with van der Waals surface area (Å²) in [6.07, 6.45) is 0.151. The molecule has 2 heterocycles. The van der Waals surface area contributed by atoms with Gasteiger partial charge in [-0.2, -0.15) is 0 Å². The number of hydrogen-bond donors (Lipinski definition) is 2. The van der Waals surface area contributed by atoms with E-state index in [9.17, 15) is 9.59 Å². The third-order valence-corrected chi connectivity index (χ3v) is 5.09. The Kier molecular flexibility index (Phi) is 5.39. The normalized spacial score (nSPS) is 11.9. The fraction of sp³-hybridized carbons (Fsp3) is 0.136. The number of nitrogens with one attached hydrogen (secondary N) is 2. The minimum absolute atomic E-state index is 0.151. The number of carbonyl (C=O) groups excluding carboxylic acids is 2. The monoisotopic (exact) mass is 405 g/mol. The lowest BCUT2D eigenvalue weighted by Gasteiger charge is -2.13. The molecule has 146 valence electrons. The Balaban J connectivity index is 1.34. The molecule has 7 heteroatoms. The summed E-state index contributed by atoms with van der Waals surface area (Å²) in [6, 6.07) is 18.3. The average Bonchev–Trinajstić information content (AvgIpc) is 3.35. The summed E-state index contributed by atoms with van der Waals surface area (Å²) in [6.45, 7) is 1.79. The van der Waals surface area contributed by atoms with Gasteiger partial charge in [-0.05, 0) is 31.2 Å². The molecule has 0 spiro atoms. The Labute approximate surface area is 171 Å². The number of anilines is 1. The summed E-state index contributed by atoms with van der Waals surface area (Å²) in [5.74, 6) is 0.245. The molecule has 1 unspecified atom stereocenters. The van der Waals surface area contributed by atoms with E-state index in [1.165, 1.54) is 11.3 Å². The minimum Gasteiger partial charge on any atom is -0.454 e. The van der Waals surface area contributed by atoms with Crippen molar-refractivity contribution in [2.75, 3.05) is 5.32 Å². The maximum Gasteiger partial charge on any atom is 0.251 e. The number of nitrogens with zero attached hydrogens (tertiary/aromatic N) is 1. The number of aromatic nitrogens is 1. The van der Waals surface area contributed by atoms with Crippen LogP contribution < -0.4 is 10.6 Å². The predicted molar refractivity (Wildman–Crippen MR) is 114 cm³/mol. The van der Waals surface area contributed by atoms with Gasteiger partial charge in [0.1, 0.15) is 11.3 Å². The van der Waals surface area contributed by atoms with E-state index < -0.39 is 0 Å². The number of fused-ring (bicyclic) bond motifs is 1. The van der Waals surface area contributed by atoms with E-state index in [4.69, 9.17) is 4.42 Å². The number of benzene rings is 2. The Hall–Kier alpha value is -3.45. The molecule has 0 saturated carbocycles. The highest BCUT2D eigenvalue weighted by molar-refractivity contribution is 7.14. The van der Waals surface area contributed by atoms with Crippen LogP contribution in [0.3, 0.4) is 0 Å². The Morgan fingerprint density at radius 3 is 2.66 bits per heavy atom. The molecule has 6 nitrogen and oxygen atoms in total. The zero-order chi connectivity index (χ0) is 20.2. The Morgan fingerprint density at radius 1 is 1.10 bits per heavy atom. The van der Waals surface area contributed by atoms with Crippen LogP contribution in [0, 0.1) is 0 Å². The van der Waals surface area contributed by atoms with Gasteiger partial charge in [-0.1, -0.05) is 36.4 Å². The van der Waals surface area contributed by atoms with Crippen molar-refractivity contribution in [2.45, 2.75) is 19.4 Å². The maximum absolute atomic E-state index is 12.3. The molecule has 2 aromatic heterocycles. The maximum atomic E-state index is 12.3. The molecule has 4 rings (SSSR count). The molecular weight excluding hydrogens is 386 g/mol. The van der Waals surface area contributed by atoms with E-state index >= 15 is 0 Å². The van der Waals surface area contributed by atoms with Gasteiger partial charge in [-0.3, -0.25) is 9.59 Å². The van der Waals surface area contributed by atoms with Crippen LogP contribution in [0.4, 0.5) is 5.13 Å². The summed E-state index contributed by atoms with van der Waals surface area (Å²) in [5.41, 5.74) is 2.03. The van der Waals surface area contributed by atoms with Crippen LogP contribution in [0.1, 0.15) is 23.7 Å². The molecule has 4 aromatic rings. The van der Waals surface area contributed by atoms with Crippen molar-refractivity contribution in [1.82, 2.24) is 10.3 Å². The van der Waals surface area contributed by atoms with E-state index in [0.29, 0.717) is 22.1 Å². The topological polar surface area (TPSA) is 84.2 Å². The molecule has 2 aromatic carbocycles. The zero-order valence-corrected chi connectivity index (χ0v) is 16.5. The lowest BCUT2D eigenvalue weighted by molar-refractivity contribution is -0.116. The van der Waals surface area contributed by atoms with Crippen LogP contribution in [0.15, 0.2) is 70.5 Å². The molecular formula is C22H19N3O3S. The van der Waals surface area contributed by atoms with E-state index in [0.717, 1.165) is 11.0 Å². The number of hydrogen-bond acceptors (Lipinski definition) is 5. The first-order valence-electron chi connectivity index (χ1n) is 9.19. The molecule has 2 N–H and O–H groups in total.